The molecule has 0 bridgehead atoms. The molecule has 1 aliphatic rings. The van der Waals surface area contributed by atoms with Gasteiger partial charge in [-0.3, -0.25) is 4.79 Å². The second-order valence-electron chi connectivity index (χ2n) is 5.72. The lowest BCUT2D eigenvalue weighted by atomic mass is 10.2. The van der Waals surface area contributed by atoms with Gasteiger partial charge in [0.2, 0.25) is 0 Å². The van der Waals surface area contributed by atoms with Crippen molar-refractivity contribution in [2.24, 2.45) is 0 Å². The van der Waals surface area contributed by atoms with Gasteiger partial charge in [-0.2, -0.15) is 0 Å². The van der Waals surface area contributed by atoms with Crippen LogP contribution in [0.5, 0.6) is 0 Å². The molecule has 2 aromatic heterocycles. The number of aromatic nitrogens is 2. The van der Waals surface area contributed by atoms with Crippen LogP contribution in [0.2, 0.25) is 0 Å². The quantitative estimate of drug-likeness (QED) is 0.868. The van der Waals surface area contributed by atoms with Crippen LogP contribution < -0.4 is 5.32 Å². The summed E-state index contributed by atoms with van der Waals surface area (Å²) in [5.74, 6) is 0.870. The van der Waals surface area contributed by atoms with Gasteiger partial charge >= 0.3 is 0 Å². The predicted octanol–water partition coefficient (Wildman–Crippen LogP) is 1.99. The van der Waals surface area contributed by atoms with Crippen LogP contribution in [0.3, 0.4) is 0 Å². The van der Waals surface area contributed by atoms with Gasteiger partial charge in [0.05, 0.1) is 10.3 Å². The first-order chi connectivity index (χ1) is 11.1. The Labute approximate surface area is 139 Å². The van der Waals surface area contributed by atoms with Crippen molar-refractivity contribution < 1.29 is 4.79 Å². The smallest absolute Gasteiger partial charge is 0.264 e. The summed E-state index contributed by atoms with van der Waals surface area (Å²) in [6.07, 6.45) is 3.32. The number of carbonyl (C=O) groups excluding carboxylic acids is 1. The summed E-state index contributed by atoms with van der Waals surface area (Å²) in [6, 6.07) is 0. The molecule has 0 spiro atoms. The molecule has 0 aliphatic carbocycles. The van der Waals surface area contributed by atoms with E-state index < -0.39 is 0 Å². The molecule has 1 fully saturated rings. The first kappa shape index (κ1) is 15.9. The van der Waals surface area contributed by atoms with Crippen LogP contribution in [0.4, 0.5) is 5.82 Å². The van der Waals surface area contributed by atoms with E-state index in [2.05, 4.69) is 33.8 Å². The number of rotatable bonds is 4. The molecular weight excluding hydrogens is 310 g/mol. The fraction of sp³-hybridized carbons (Fsp3) is 0.438. The van der Waals surface area contributed by atoms with E-state index >= 15 is 0 Å². The molecule has 122 valence electrons. The van der Waals surface area contributed by atoms with Gasteiger partial charge in [0, 0.05) is 32.7 Å². The van der Waals surface area contributed by atoms with Crippen LogP contribution in [0.25, 0.3) is 10.2 Å². The third-order valence-corrected chi connectivity index (χ3v) is 5.31. The minimum Gasteiger partial charge on any atom is -0.366 e. The number of hydrogen-bond donors (Lipinski definition) is 1. The Kier molecular flexibility index (Phi) is 4.58. The number of nitrogens with zero attached hydrogens (tertiary/aromatic N) is 4. The molecule has 0 saturated carbocycles. The molecular formula is C16H21N5OS. The molecule has 0 radical (unpaired) electrons. The molecule has 0 unspecified atom stereocenters. The fourth-order valence-corrected chi connectivity index (χ4v) is 3.85. The second kappa shape index (κ2) is 6.64. The SMILES string of the molecule is C=CCNc1ncnc2sc(C(=O)N3CCN(C)CC3)c(C)c12. The van der Waals surface area contributed by atoms with E-state index in [4.69, 9.17) is 0 Å². The monoisotopic (exact) mass is 331 g/mol. The zero-order valence-corrected chi connectivity index (χ0v) is 14.3. The Balaban J connectivity index is 1.94. The zero-order chi connectivity index (χ0) is 16.4. The number of thiophene rings is 1. The third kappa shape index (κ3) is 3.07. The molecule has 0 atom stereocenters. The highest BCUT2D eigenvalue weighted by Gasteiger charge is 2.25. The van der Waals surface area contributed by atoms with Crippen molar-refractivity contribution in [1.82, 2.24) is 19.8 Å². The fourth-order valence-electron chi connectivity index (χ4n) is 2.73. The van der Waals surface area contributed by atoms with E-state index in [0.29, 0.717) is 6.54 Å². The maximum Gasteiger partial charge on any atom is 0.264 e. The Bertz CT molecular complexity index is 733. The van der Waals surface area contributed by atoms with E-state index in [-0.39, 0.29) is 5.91 Å². The zero-order valence-electron chi connectivity index (χ0n) is 13.5. The van der Waals surface area contributed by atoms with E-state index in [1.807, 2.05) is 11.8 Å². The average Bonchev–Trinajstić information content (AvgIpc) is 2.90. The minimum atomic E-state index is 0.105. The largest absolute Gasteiger partial charge is 0.366 e. The topological polar surface area (TPSA) is 61.4 Å². The van der Waals surface area contributed by atoms with Crippen LogP contribution in [-0.2, 0) is 0 Å². The van der Waals surface area contributed by atoms with Crippen molar-refractivity contribution in [2.45, 2.75) is 6.92 Å². The highest BCUT2D eigenvalue weighted by molar-refractivity contribution is 7.20. The van der Waals surface area contributed by atoms with Crippen molar-refractivity contribution >= 4 is 33.3 Å². The molecule has 6 nitrogen and oxygen atoms in total. The van der Waals surface area contributed by atoms with Crippen molar-refractivity contribution in [3.63, 3.8) is 0 Å². The molecule has 0 aromatic carbocycles. The van der Waals surface area contributed by atoms with Crippen LogP contribution in [0, 0.1) is 6.92 Å². The maximum atomic E-state index is 12.9. The van der Waals surface area contributed by atoms with Crippen molar-refractivity contribution in [2.75, 3.05) is 45.1 Å². The van der Waals surface area contributed by atoms with Gasteiger partial charge < -0.3 is 15.1 Å². The van der Waals surface area contributed by atoms with Crippen LogP contribution >= 0.6 is 11.3 Å². The number of nitrogens with one attached hydrogen (secondary N) is 1. The Morgan fingerprint density at radius 3 is 2.83 bits per heavy atom. The normalized spacial score (nSPS) is 15.8. The second-order valence-corrected chi connectivity index (χ2v) is 6.72. The minimum absolute atomic E-state index is 0.105. The number of likely N-dealkylation sites (N-methyl/N-ethyl adjacent to an activating group) is 1. The molecule has 1 amide bonds. The number of carbonyl (C=O) groups is 1. The lowest BCUT2D eigenvalue weighted by Crippen LogP contribution is -2.47. The van der Waals surface area contributed by atoms with E-state index in [1.165, 1.54) is 17.7 Å². The maximum absolute atomic E-state index is 12.9. The standard InChI is InChI=1S/C16H21N5OS/c1-4-5-17-14-12-11(2)13(23-15(12)19-10-18-14)16(22)21-8-6-20(3)7-9-21/h4,10H,1,5-9H2,2-3H3,(H,17,18,19). The highest BCUT2D eigenvalue weighted by Crippen LogP contribution is 2.34. The van der Waals surface area contributed by atoms with E-state index in [1.54, 1.807) is 6.08 Å². The van der Waals surface area contributed by atoms with E-state index in [9.17, 15) is 4.79 Å². The van der Waals surface area contributed by atoms with Gasteiger partial charge in [-0.1, -0.05) is 6.08 Å². The molecule has 7 heteroatoms. The predicted molar refractivity (Wildman–Crippen MR) is 94.2 cm³/mol. The molecule has 1 aliphatic heterocycles. The lowest BCUT2D eigenvalue weighted by Gasteiger charge is -2.32. The summed E-state index contributed by atoms with van der Waals surface area (Å²) in [4.78, 5) is 27.3. The molecule has 3 heterocycles. The van der Waals surface area contributed by atoms with Gasteiger partial charge in [-0.05, 0) is 19.5 Å². The number of fused-ring (bicyclic) bond motifs is 1. The Morgan fingerprint density at radius 1 is 1.39 bits per heavy atom. The number of anilines is 1. The molecule has 1 saturated heterocycles. The number of piperazine rings is 1. The molecule has 2 aromatic rings. The van der Waals surface area contributed by atoms with Gasteiger partial charge in [0.25, 0.3) is 5.91 Å². The molecule has 23 heavy (non-hydrogen) atoms. The molecule has 3 rings (SSSR count). The summed E-state index contributed by atoms with van der Waals surface area (Å²) >= 11 is 1.45. The Morgan fingerprint density at radius 2 is 2.13 bits per heavy atom. The van der Waals surface area contributed by atoms with E-state index in [0.717, 1.165) is 52.7 Å². The summed E-state index contributed by atoms with van der Waals surface area (Å²) in [7, 11) is 2.08. The first-order valence-corrected chi connectivity index (χ1v) is 8.50. The van der Waals surface area contributed by atoms with Gasteiger partial charge in [0.1, 0.15) is 17.0 Å². The average molecular weight is 331 g/mol. The van der Waals surface area contributed by atoms with Crippen LogP contribution in [0.1, 0.15) is 15.2 Å². The van der Waals surface area contributed by atoms with Gasteiger partial charge in [0.15, 0.2) is 0 Å². The van der Waals surface area contributed by atoms with Crippen molar-refractivity contribution in [3.8, 4) is 0 Å². The number of amides is 1. The number of hydrogen-bond acceptors (Lipinski definition) is 6. The summed E-state index contributed by atoms with van der Waals surface area (Å²) < 4.78 is 0. The summed E-state index contributed by atoms with van der Waals surface area (Å²) in [5, 5.41) is 4.16. The Hall–Kier alpha value is -1.99. The number of aryl methyl sites for hydroxylation is 1. The third-order valence-electron chi connectivity index (χ3n) is 4.13. The van der Waals surface area contributed by atoms with Crippen LogP contribution in [0.15, 0.2) is 19.0 Å². The van der Waals surface area contributed by atoms with Crippen molar-refractivity contribution in [1.29, 1.82) is 0 Å². The van der Waals surface area contributed by atoms with Gasteiger partial charge in [-0.15, -0.1) is 17.9 Å². The summed E-state index contributed by atoms with van der Waals surface area (Å²) in [5.41, 5.74) is 0.959. The summed E-state index contributed by atoms with van der Waals surface area (Å²) in [6.45, 7) is 9.70. The first-order valence-electron chi connectivity index (χ1n) is 7.68. The lowest BCUT2D eigenvalue weighted by molar-refractivity contribution is 0.0668. The molecule has 1 N–H and O–H groups in total. The van der Waals surface area contributed by atoms with Crippen LogP contribution in [-0.4, -0.2) is 65.4 Å². The highest BCUT2D eigenvalue weighted by atomic mass is 32.1. The van der Waals surface area contributed by atoms with Gasteiger partial charge in [-0.25, -0.2) is 9.97 Å². The van der Waals surface area contributed by atoms with Crippen molar-refractivity contribution in [3.05, 3.63) is 29.4 Å².